The second-order valence-corrected chi connectivity index (χ2v) is 7.94. The molecular weight excluding hydrogens is 443 g/mol. The van der Waals surface area contributed by atoms with Gasteiger partial charge in [0.25, 0.3) is 11.8 Å². The predicted molar refractivity (Wildman–Crippen MR) is 126 cm³/mol. The largest absolute Gasteiger partial charge is 0.494 e. The minimum absolute atomic E-state index is 0.117. The van der Waals surface area contributed by atoms with Crippen LogP contribution in [0.25, 0.3) is 5.57 Å². The summed E-state index contributed by atoms with van der Waals surface area (Å²) in [6.45, 7) is 4.03. The van der Waals surface area contributed by atoms with E-state index in [1.165, 1.54) is 6.07 Å². The minimum atomic E-state index is -0.536. The molecule has 7 heteroatoms. The molecule has 0 fully saturated rings. The Hall–Kier alpha value is -3.64. The molecule has 0 spiro atoms. The lowest BCUT2D eigenvalue weighted by Crippen LogP contribution is -2.32. The summed E-state index contributed by atoms with van der Waals surface area (Å²) in [6, 6.07) is 18.3. The molecule has 0 bridgehead atoms. The maximum absolute atomic E-state index is 14.3. The van der Waals surface area contributed by atoms with Crippen molar-refractivity contribution in [3.8, 4) is 5.75 Å². The number of ether oxygens (including phenoxy) is 1. The highest BCUT2D eigenvalue weighted by Gasteiger charge is 2.39. The Morgan fingerprint density at radius 2 is 1.70 bits per heavy atom. The number of anilines is 1. The summed E-state index contributed by atoms with van der Waals surface area (Å²) < 4.78 is 19.8. The van der Waals surface area contributed by atoms with Gasteiger partial charge in [-0.15, -0.1) is 0 Å². The van der Waals surface area contributed by atoms with Crippen LogP contribution >= 0.6 is 11.6 Å². The van der Waals surface area contributed by atoms with Crippen LogP contribution in [0.2, 0.25) is 5.02 Å². The van der Waals surface area contributed by atoms with Crippen molar-refractivity contribution in [3.63, 3.8) is 0 Å². The van der Waals surface area contributed by atoms with Crippen LogP contribution in [0.4, 0.5) is 10.1 Å². The fraction of sp³-hybridized carbons (Fsp3) is 0.154. The Morgan fingerprint density at radius 1 is 0.970 bits per heavy atom. The number of benzene rings is 3. The molecule has 2 amide bonds. The molecule has 1 aliphatic rings. The molecule has 168 valence electrons. The average molecular weight is 465 g/mol. The number of amides is 2. The first-order valence-corrected chi connectivity index (χ1v) is 10.9. The maximum Gasteiger partial charge on any atom is 0.278 e. The minimum Gasteiger partial charge on any atom is -0.494 e. The lowest BCUT2D eigenvalue weighted by atomic mass is 10.0. The Bertz CT molecular complexity index is 1250. The van der Waals surface area contributed by atoms with Gasteiger partial charge in [0.05, 0.1) is 18.7 Å². The summed E-state index contributed by atoms with van der Waals surface area (Å²) in [5.74, 6) is -0.865. The number of rotatable bonds is 7. The number of hydrogen-bond donors (Lipinski definition) is 1. The molecule has 1 N–H and O–H groups in total. The third kappa shape index (κ3) is 4.47. The first-order valence-electron chi connectivity index (χ1n) is 10.5. The van der Waals surface area contributed by atoms with Gasteiger partial charge in [0.15, 0.2) is 0 Å². The van der Waals surface area contributed by atoms with Crippen LogP contribution in [-0.4, -0.2) is 23.3 Å². The number of carbonyl (C=O) groups is 2. The first kappa shape index (κ1) is 22.6. The highest BCUT2D eigenvalue weighted by Crippen LogP contribution is 2.34. The van der Waals surface area contributed by atoms with Crippen molar-refractivity contribution in [1.82, 2.24) is 4.90 Å². The molecule has 5 nitrogen and oxygen atoms in total. The van der Waals surface area contributed by atoms with E-state index in [1.807, 2.05) is 13.8 Å². The fourth-order valence-corrected chi connectivity index (χ4v) is 3.84. The number of carbonyl (C=O) groups excluding carboxylic acids is 2. The number of hydrogen-bond acceptors (Lipinski definition) is 4. The van der Waals surface area contributed by atoms with E-state index in [-0.39, 0.29) is 23.4 Å². The van der Waals surface area contributed by atoms with Gasteiger partial charge in [0.2, 0.25) is 0 Å². The number of nitrogens with one attached hydrogen (secondary N) is 1. The fourth-order valence-electron chi connectivity index (χ4n) is 3.66. The van der Waals surface area contributed by atoms with Crippen LogP contribution in [0, 0.1) is 12.7 Å². The van der Waals surface area contributed by atoms with E-state index in [0.717, 1.165) is 10.5 Å². The lowest BCUT2D eigenvalue weighted by Gasteiger charge is -2.16. The molecule has 0 unspecified atom stereocenters. The third-order valence-electron chi connectivity index (χ3n) is 5.44. The summed E-state index contributed by atoms with van der Waals surface area (Å²) >= 11 is 6.24. The smallest absolute Gasteiger partial charge is 0.278 e. The molecular formula is C26H22ClFN2O3. The van der Waals surface area contributed by atoms with E-state index in [4.69, 9.17) is 16.3 Å². The molecule has 3 aromatic carbocycles. The summed E-state index contributed by atoms with van der Waals surface area (Å²) in [5, 5.41) is 3.64. The van der Waals surface area contributed by atoms with Crippen molar-refractivity contribution in [2.24, 2.45) is 0 Å². The summed E-state index contributed by atoms with van der Waals surface area (Å²) in [6.07, 6.45) is 0. The quantitative estimate of drug-likeness (QED) is 0.464. The molecule has 4 rings (SSSR count). The van der Waals surface area contributed by atoms with E-state index in [0.29, 0.717) is 28.6 Å². The maximum atomic E-state index is 14.3. The van der Waals surface area contributed by atoms with E-state index in [9.17, 15) is 14.0 Å². The van der Waals surface area contributed by atoms with Crippen LogP contribution < -0.4 is 10.1 Å². The van der Waals surface area contributed by atoms with E-state index >= 15 is 0 Å². The number of imide groups is 1. The highest BCUT2D eigenvalue weighted by atomic mass is 35.5. The Labute approximate surface area is 196 Å². The molecule has 0 saturated carbocycles. The van der Waals surface area contributed by atoms with Gasteiger partial charge < -0.3 is 10.1 Å². The van der Waals surface area contributed by atoms with Crippen molar-refractivity contribution >= 4 is 34.7 Å². The summed E-state index contributed by atoms with van der Waals surface area (Å²) in [5.41, 5.74) is 2.48. The summed E-state index contributed by atoms with van der Waals surface area (Å²) in [4.78, 5) is 27.9. The SMILES string of the molecule is CCOc1ccc(C2=C(Nc3cccc(Cl)c3C)C(=O)N(Cc3ccccc3F)C2=O)cc1. The Kier molecular flexibility index (Phi) is 6.47. The van der Waals surface area contributed by atoms with Crippen LogP contribution in [0.1, 0.15) is 23.6 Å². The molecule has 1 aliphatic heterocycles. The Balaban J connectivity index is 1.76. The Morgan fingerprint density at radius 3 is 2.39 bits per heavy atom. The van der Waals surface area contributed by atoms with E-state index in [2.05, 4.69) is 5.32 Å². The molecule has 3 aromatic rings. The van der Waals surface area contributed by atoms with Gasteiger partial charge >= 0.3 is 0 Å². The van der Waals surface area contributed by atoms with Crippen molar-refractivity contribution in [1.29, 1.82) is 0 Å². The van der Waals surface area contributed by atoms with Gasteiger partial charge in [0, 0.05) is 16.3 Å². The van der Waals surface area contributed by atoms with Crippen LogP contribution in [0.5, 0.6) is 5.75 Å². The van der Waals surface area contributed by atoms with Gasteiger partial charge in [0.1, 0.15) is 17.3 Å². The van der Waals surface area contributed by atoms with Gasteiger partial charge in [-0.25, -0.2) is 4.39 Å². The van der Waals surface area contributed by atoms with Gasteiger partial charge in [-0.1, -0.05) is 48.0 Å². The topological polar surface area (TPSA) is 58.6 Å². The molecule has 0 atom stereocenters. The number of nitrogens with zero attached hydrogens (tertiary/aromatic N) is 1. The average Bonchev–Trinajstić information content (AvgIpc) is 3.03. The van der Waals surface area contributed by atoms with Crippen molar-refractivity contribution in [2.45, 2.75) is 20.4 Å². The van der Waals surface area contributed by atoms with Crippen LogP contribution in [-0.2, 0) is 16.1 Å². The second kappa shape index (κ2) is 9.46. The third-order valence-corrected chi connectivity index (χ3v) is 5.85. The van der Waals surface area contributed by atoms with Crippen molar-refractivity contribution in [3.05, 3.63) is 100.0 Å². The summed E-state index contributed by atoms with van der Waals surface area (Å²) in [7, 11) is 0. The molecule has 0 saturated heterocycles. The highest BCUT2D eigenvalue weighted by molar-refractivity contribution is 6.36. The standard InChI is InChI=1S/C26H22ClFN2O3/c1-3-33-19-13-11-17(12-14-19)23-24(29-22-10-6-8-20(27)16(22)2)26(32)30(25(23)31)15-18-7-4-5-9-21(18)28/h4-14,29H,3,15H2,1-2H3. The van der Waals surface area contributed by atoms with Crippen LogP contribution in [0.3, 0.4) is 0 Å². The zero-order valence-corrected chi connectivity index (χ0v) is 18.9. The lowest BCUT2D eigenvalue weighted by molar-refractivity contribution is -0.137. The zero-order chi connectivity index (χ0) is 23.5. The molecule has 0 radical (unpaired) electrons. The van der Waals surface area contributed by atoms with E-state index < -0.39 is 17.6 Å². The van der Waals surface area contributed by atoms with Gasteiger partial charge in [-0.3, -0.25) is 14.5 Å². The first-order chi connectivity index (χ1) is 15.9. The molecule has 1 heterocycles. The molecule has 0 aliphatic carbocycles. The normalized spacial score (nSPS) is 13.6. The van der Waals surface area contributed by atoms with Crippen molar-refractivity contribution in [2.75, 3.05) is 11.9 Å². The van der Waals surface area contributed by atoms with Crippen molar-refractivity contribution < 1.29 is 18.7 Å². The zero-order valence-electron chi connectivity index (χ0n) is 18.2. The monoisotopic (exact) mass is 464 g/mol. The molecule has 33 heavy (non-hydrogen) atoms. The second-order valence-electron chi connectivity index (χ2n) is 7.53. The number of halogens is 2. The molecule has 0 aromatic heterocycles. The van der Waals surface area contributed by atoms with Crippen LogP contribution in [0.15, 0.2) is 72.4 Å². The van der Waals surface area contributed by atoms with Gasteiger partial charge in [-0.05, 0) is 55.3 Å². The van der Waals surface area contributed by atoms with Gasteiger partial charge in [-0.2, -0.15) is 0 Å². The predicted octanol–water partition coefficient (Wildman–Crippen LogP) is 5.58. The van der Waals surface area contributed by atoms with E-state index in [1.54, 1.807) is 60.7 Å².